The molecule has 2 amide bonds. The first-order chi connectivity index (χ1) is 20.3. The number of nitrogens with one attached hydrogen (secondary N) is 2. The van der Waals surface area contributed by atoms with E-state index in [4.69, 9.17) is 4.74 Å². The van der Waals surface area contributed by atoms with Crippen molar-refractivity contribution in [1.82, 2.24) is 20.1 Å². The first-order valence-electron chi connectivity index (χ1n) is 13.9. The Hall–Kier alpha value is -3.96. The molecule has 1 aliphatic rings. The minimum Gasteiger partial charge on any atom is -0.462 e. The maximum absolute atomic E-state index is 13.4. The molecule has 0 spiro atoms. The summed E-state index contributed by atoms with van der Waals surface area (Å²) in [6.45, 7) is 6.44. The number of rotatable bonds is 11. The number of anilines is 1. The van der Waals surface area contributed by atoms with Gasteiger partial charge in [0.15, 0.2) is 11.0 Å². The fourth-order valence-corrected chi connectivity index (χ4v) is 6.99. The van der Waals surface area contributed by atoms with E-state index >= 15 is 0 Å². The summed E-state index contributed by atoms with van der Waals surface area (Å²) >= 11 is 2.74. The molecule has 1 atom stereocenters. The Morgan fingerprint density at radius 3 is 2.67 bits per heavy atom. The van der Waals surface area contributed by atoms with Crippen molar-refractivity contribution in [3.63, 3.8) is 0 Å². The molecule has 0 fully saturated rings. The Bertz CT molecular complexity index is 1600. The summed E-state index contributed by atoms with van der Waals surface area (Å²) in [6, 6.07) is 17.3. The topological polar surface area (TPSA) is 115 Å². The number of amides is 2. The third kappa shape index (κ3) is 6.74. The van der Waals surface area contributed by atoms with Gasteiger partial charge in [-0.1, -0.05) is 59.8 Å². The summed E-state index contributed by atoms with van der Waals surface area (Å²) in [5.41, 5.74) is 4.09. The van der Waals surface area contributed by atoms with Crippen LogP contribution in [0, 0.1) is 6.92 Å². The number of carbonyl (C=O) groups is 3. The quantitative estimate of drug-likeness (QED) is 0.174. The van der Waals surface area contributed by atoms with E-state index in [2.05, 4.69) is 20.8 Å². The number of benzene rings is 2. The molecule has 11 heteroatoms. The van der Waals surface area contributed by atoms with E-state index in [1.807, 2.05) is 60.0 Å². The molecular weight excluding hydrogens is 571 g/mol. The van der Waals surface area contributed by atoms with Crippen LogP contribution in [0.4, 0.5) is 5.00 Å². The van der Waals surface area contributed by atoms with E-state index in [0.29, 0.717) is 33.7 Å². The second-order valence-electron chi connectivity index (χ2n) is 10.1. The van der Waals surface area contributed by atoms with E-state index < -0.39 is 11.2 Å². The zero-order chi connectivity index (χ0) is 29.6. The Morgan fingerprint density at radius 2 is 1.90 bits per heavy atom. The van der Waals surface area contributed by atoms with Gasteiger partial charge >= 0.3 is 5.97 Å². The van der Waals surface area contributed by atoms with Crippen LogP contribution in [0.1, 0.15) is 68.4 Å². The second-order valence-corrected chi connectivity index (χ2v) is 12.5. The van der Waals surface area contributed by atoms with Crippen LogP contribution in [-0.2, 0) is 35.5 Å². The summed E-state index contributed by atoms with van der Waals surface area (Å²) in [6.07, 6.45) is 2.71. The molecule has 2 aromatic carbocycles. The van der Waals surface area contributed by atoms with E-state index in [-0.39, 0.29) is 25.0 Å². The number of esters is 1. The van der Waals surface area contributed by atoms with Crippen molar-refractivity contribution in [3.8, 4) is 0 Å². The maximum Gasteiger partial charge on any atom is 0.341 e. The molecule has 0 saturated heterocycles. The number of hydrogen-bond acceptors (Lipinski definition) is 8. The molecule has 0 radical (unpaired) electrons. The zero-order valence-electron chi connectivity index (χ0n) is 23.8. The van der Waals surface area contributed by atoms with Crippen molar-refractivity contribution in [2.24, 2.45) is 0 Å². The smallest absolute Gasteiger partial charge is 0.341 e. The van der Waals surface area contributed by atoms with Gasteiger partial charge in [0.05, 0.1) is 30.5 Å². The highest BCUT2D eigenvalue weighted by Gasteiger charge is 2.30. The number of hydrogen-bond donors (Lipinski definition) is 2. The van der Waals surface area contributed by atoms with Crippen molar-refractivity contribution in [1.29, 1.82) is 0 Å². The van der Waals surface area contributed by atoms with E-state index in [9.17, 15) is 14.4 Å². The molecule has 1 unspecified atom stereocenters. The highest BCUT2D eigenvalue weighted by Crippen LogP contribution is 2.40. The molecule has 0 saturated carbocycles. The lowest BCUT2D eigenvalue weighted by Crippen LogP contribution is -2.25. The molecule has 1 aliphatic carbocycles. The van der Waals surface area contributed by atoms with Crippen LogP contribution >= 0.6 is 23.1 Å². The lowest BCUT2D eigenvalue weighted by atomic mass is 10.1. The number of nitrogens with zero attached hydrogens (tertiary/aromatic N) is 3. The maximum atomic E-state index is 13.4. The highest BCUT2D eigenvalue weighted by atomic mass is 32.2. The molecule has 2 heterocycles. The molecule has 5 rings (SSSR count). The summed E-state index contributed by atoms with van der Waals surface area (Å²) < 4.78 is 7.22. The Balaban J connectivity index is 1.33. The van der Waals surface area contributed by atoms with E-state index in [1.54, 1.807) is 19.9 Å². The van der Waals surface area contributed by atoms with Crippen LogP contribution in [0.3, 0.4) is 0 Å². The molecule has 42 heavy (non-hydrogen) atoms. The minimum absolute atomic E-state index is 0.178. The van der Waals surface area contributed by atoms with Gasteiger partial charge in [-0.15, -0.1) is 21.5 Å². The highest BCUT2D eigenvalue weighted by molar-refractivity contribution is 8.00. The Morgan fingerprint density at radius 1 is 1.10 bits per heavy atom. The second kappa shape index (κ2) is 13.3. The van der Waals surface area contributed by atoms with Gasteiger partial charge in [-0.2, -0.15) is 0 Å². The van der Waals surface area contributed by atoms with Crippen LogP contribution in [-0.4, -0.2) is 44.4 Å². The SMILES string of the molecule is CCOC(=O)c1c(NC(=O)C(C)Sc2nnc(CNC(=O)c3cccc(C)c3)n2Cc2ccccc2)sc2c1CCC2. The van der Waals surface area contributed by atoms with Gasteiger partial charge in [0.25, 0.3) is 5.91 Å². The summed E-state index contributed by atoms with van der Waals surface area (Å²) in [4.78, 5) is 40.0. The van der Waals surface area contributed by atoms with Crippen LogP contribution < -0.4 is 10.6 Å². The first kappa shape index (κ1) is 29.5. The van der Waals surface area contributed by atoms with Gasteiger partial charge in [0.1, 0.15) is 5.00 Å². The Kier molecular flexibility index (Phi) is 9.38. The number of thioether (sulfide) groups is 1. The normalized spacial score (nSPS) is 12.9. The van der Waals surface area contributed by atoms with Gasteiger partial charge in [-0.3, -0.25) is 9.59 Å². The zero-order valence-corrected chi connectivity index (χ0v) is 25.4. The fourth-order valence-electron chi connectivity index (χ4n) is 4.85. The number of aryl methyl sites for hydroxylation is 2. The fraction of sp³-hybridized carbons (Fsp3) is 0.323. The van der Waals surface area contributed by atoms with Gasteiger partial charge in [-0.05, 0) is 63.3 Å². The monoisotopic (exact) mass is 603 g/mol. The molecule has 9 nitrogen and oxygen atoms in total. The van der Waals surface area contributed by atoms with E-state index in [1.165, 1.54) is 23.1 Å². The predicted molar refractivity (Wildman–Crippen MR) is 164 cm³/mol. The molecule has 218 valence electrons. The van der Waals surface area contributed by atoms with Crippen molar-refractivity contribution >= 4 is 45.9 Å². The van der Waals surface area contributed by atoms with Crippen molar-refractivity contribution in [2.45, 2.75) is 63.5 Å². The van der Waals surface area contributed by atoms with Gasteiger partial charge in [0.2, 0.25) is 5.91 Å². The first-order valence-corrected chi connectivity index (χ1v) is 15.6. The molecule has 0 aliphatic heterocycles. The van der Waals surface area contributed by atoms with Crippen LogP contribution in [0.2, 0.25) is 0 Å². The van der Waals surface area contributed by atoms with Gasteiger partial charge < -0.3 is 19.9 Å². The molecule has 4 aromatic rings. The standard InChI is InChI=1S/C31H33N5O4S2/c1-4-40-30(39)26-23-14-9-15-24(23)42-29(26)33-27(37)20(3)41-31-35-34-25(36(31)18-21-11-6-5-7-12-21)17-32-28(38)22-13-8-10-19(2)16-22/h5-8,10-13,16,20H,4,9,14-15,17-18H2,1-3H3,(H,32,38)(H,33,37). The number of fused-ring (bicyclic) bond motifs is 1. The van der Waals surface area contributed by atoms with Crippen molar-refractivity contribution < 1.29 is 19.1 Å². The number of aromatic nitrogens is 3. The molecule has 2 aromatic heterocycles. The minimum atomic E-state index is -0.537. The van der Waals surface area contributed by atoms with Crippen LogP contribution in [0.15, 0.2) is 59.8 Å². The number of carbonyl (C=O) groups excluding carboxylic acids is 3. The average molecular weight is 604 g/mol. The Labute approximate surface area is 253 Å². The third-order valence-electron chi connectivity index (χ3n) is 6.95. The summed E-state index contributed by atoms with van der Waals surface area (Å²) in [5.74, 6) is -0.258. The lowest BCUT2D eigenvalue weighted by Gasteiger charge is -2.15. The van der Waals surface area contributed by atoms with E-state index in [0.717, 1.165) is 40.8 Å². The van der Waals surface area contributed by atoms with Gasteiger partial charge in [0, 0.05) is 10.4 Å². The summed E-state index contributed by atoms with van der Waals surface area (Å²) in [7, 11) is 0. The van der Waals surface area contributed by atoms with Crippen LogP contribution in [0.25, 0.3) is 0 Å². The van der Waals surface area contributed by atoms with Crippen LogP contribution in [0.5, 0.6) is 0 Å². The lowest BCUT2D eigenvalue weighted by molar-refractivity contribution is -0.115. The largest absolute Gasteiger partial charge is 0.462 e. The average Bonchev–Trinajstić information content (AvgIpc) is 3.67. The van der Waals surface area contributed by atoms with Crippen molar-refractivity contribution in [2.75, 3.05) is 11.9 Å². The van der Waals surface area contributed by atoms with Gasteiger partial charge in [-0.25, -0.2) is 4.79 Å². The molecule has 0 bridgehead atoms. The number of thiophene rings is 1. The van der Waals surface area contributed by atoms with Crippen molar-refractivity contribution in [3.05, 3.63) is 93.1 Å². The molecular formula is C31H33N5O4S2. The third-order valence-corrected chi connectivity index (χ3v) is 9.24. The molecule has 2 N–H and O–H groups in total. The predicted octanol–water partition coefficient (Wildman–Crippen LogP) is 5.41. The number of ether oxygens (including phenoxy) is 1. The summed E-state index contributed by atoms with van der Waals surface area (Å²) in [5, 5.41) is 15.2.